The molecule has 0 aromatic carbocycles. The lowest BCUT2D eigenvalue weighted by Gasteiger charge is -2.32. The Labute approximate surface area is 162 Å². The van der Waals surface area contributed by atoms with Crippen LogP contribution in [0.4, 0.5) is 13.2 Å². The number of alkyl halides is 3. The summed E-state index contributed by atoms with van der Waals surface area (Å²) in [6.07, 6.45) is -0.0718. The molecular formula is C18H26F3N3O2S. The average molecular weight is 405 g/mol. The van der Waals surface area contributed by atoms with Crippen LogP contribution in [-0.4, -0.2) is 52.3 Å². The second-order valence-electron chi connectivity index (χ2n) is 7.61. The van der Waals surface area contributed by atoms with Crippen LogP contribution in [0, 0.1) is 0 Å². The van der Waals surface area contributed by atoms with E-state index in [1.54, 1.807) is 6.26 Å². The van der Waals surface area contributed by atoms with Crippen molar-refractivity contribution in [1.82, 2.24) is 14.9 Å². The number of thioether (sulfide) groups is 1. The molecule has 1 saturated heterocycles. The highest BCUT2D eigenvalue weighted by atomic mass is 32.2. The summed E-state index contributed by atoms with van der Waals surface area (Å²) in [6.45, 7) is 7.27. The third-order valence-electron chi connectivity index (χ3n) is 4.33. The van der Waals surface area contributed by atoms with Crippen LogP contribution in [0.25, 0.3) is 0 Å². The predicted molar refractivity (Wildman–Crippen MR) is 97.7 cm³/mol. The highest BCUT2D eigenvalue weighted by Gasteiger charge is 2.38. The molecule has 2 rings (SSSR count). The third kappa shape index (κ3) is 6.64. The maximum atomic E-state index is 13.4. The van der Waals surface area contributed by atoms with Crippen LogP contribution in [0.1, 0.15) is 57.2 Å². The highest BCUT2D eigenvalue weighted by molar-refractivity contribution is 7.98. The largest absolute Gasteiger partial charge is 0.460 e. The number of likely N-dealkylation sites (tertiary alicyclic amines) is 1. The Bertz CT molecular complexity index is 654. The zero-order valence-corrected chi connectivity index (χ0v) is 16.9. The van der Waals surface area contributed by atoms with E-state index in [-0.39, 0.29) is 29.0 Å². The van der Waals surface area contributed by atoms with E-state index in [0.29, 0.717) is 32.5 Å². The van der Waals surface area contributed by atoms with Gasteiger partial charge in [-0.25, -0.2) is 9.97 Å². The van der Waals surface area contributed by atoms with E-state index in [1.807, 2.05) is 20.8 Å². The average Bonchev–Trinajstić information content (AvgIpc) is 2.57. The van der Waals surface area contributed by atoms with Crippen LogP contribution in [0.15, 0.2) is 11.4 Å². The Morgan fingerprint density at radius 2 is 1.93 bits per heavy atom. The number of hydrogen-bond acceptors (Lipinski definition) is 6. The monoisotopic (exact) mass is 405 g/mol. The summed E-state index contributed by atoms with van der Waals surface area (Å²) in [5.74, 6) is -0.486. The fraction of sp³-hybridized carbons (Fsp3) is 0.722. The molecule has 0 saturated carbocycles. The molecule has 0 spiro atoms. The molecule has 27 heavy (non-hydrogen) atoms. The Kier molecular flexibility index (Phi) is 7.13. The molecule has 1 fully saturated rings. The third-order valence-corrected chi connectivity index (χ3v) is 4.89. The van der Waals surface area contributed by atoms with Crippen molar-refractivity contribution in [3.63, 3.8) is 0 Å². The number of rotatable bonds is 5. The first kappa shape index (κ1) is 21.9. The first-order chi connectivity index (χ1) is 12.5. The number of carbonyl (C=O) groups is 1. The molecule has 0 N–H and O–H groups in total. The Morgan fingerprint density at radius 3 is 2.44 bits per heavy atom. The summed E-state index contributed by atoms with van der Waals surface area (Å²) >= 11 is 1.09. The molecule has 2 heterocycles. The first-order valence-corrected chi connectivity index (χ1v) is 10.1. The molecule has 9 heteroatoms. The number of aromatic nitrogens is 2. The fourth-order valence-electron chi connectivity index (χ4n) is 3.11. The van der Waals surface area contributed by atoms with E-state index in [1.165, 1.54) is 6.20 Å². The van der Waals surface area contributed by atoms with Gasteiger partial charge in [0.15, 0.2) is 10.9 Å². The molecule has 1 aromatic heterocycles. The quantitative estimate of drug-likeness (QED) is 0.417. The molecule has 0 aliphatic carbocycles. The summed E-state index contributed by atoms with van der Waals surface area (Å²) in [5.41, 5.74) is -1.16. The second-order valence-corrected chi connectivity index (χ2v) is 8.38. The van der Waals surface area contributed by atoms with Gasteiger partial charge < -0.3 is 9.64 Å². The standard InChI is InChI=1S/C18H26F3N3O2S/c1-17(2,3)26-14(25)7-10-24-8-5-12(6-9-24)13-11-22-16(27-4)23-15(13)18(19,20)21/h11-12H,5-10H2,1-4H3. The van der Waals surface area contributed by atoms with Crippen LogP contribution in [0.5, 0.6) is 0 Å². The lowest BCUT2D eigenvalue weighted by atomic mass is 9.89. The lowest BCUT2D eigenvalue weighted by Crippen LogP contribution is -2.36. The minimum absolute atomic E-state index is 0.126. The Hall–Kier alpha value is -1.35. The number of carbonyl (C=O) groups excluding carboxylic acids is 1. The van der Waals surface area contributed by atoms with Crippen molar-refractivity contribution in [2.75, 3.05) is 25.9 Å². The topological polar surface area (TPSA) is 55.3 Å². The van der Waals surface area contributed by atoms with Gasteiger partial charge in [0.05, 0.1) is 6.42 Å². The van der Waals surface area contributed by atoms with Gasteiger partial charge in [-0.1, -0.05) is 11.8 Å². The molecule has 0 amide bonds. The number of hydrogen-bond donors (Lipinski definition) is 0. The van der Waals surface area contributed by atoms with Crippen molar-refractivity contribution in [1.29, 1.82) is 0 Å². The van der Waals surface area contributed by atoms with Gasteiger partial charge >= 0.3 is 12.1 Å². The van der Waals surface area contributed by atoms with Gasteiger partial charge in [0.2, 0.25) is 0 Å². The van der Waals surface area contributed by atoms with Crippen LogP contribution < -0.4 is 0 Å². The van der Waals surface area contributed by atoms with Crippen molar-refractivity contribution in [2.45, 2.75) is 62.9 Å². The molecule has 1 aliphatic rings. The minimum Gasteiger partial charge on any atom is -0.460 e. The van der Waals surface area contributed by atoms with E-state index in [9.17, 15) is 18.0 Å². The highest BCUT2D eigenvalue weighted by Crippen LogP contribution is 2.38. The van der Waals surface area contributed by atoms with E-state index >= 15 is 0 Å². The van der Waals surface area contributed by atoms with Crippen molar-refractivity contribution in [3.05, 3.63) is 17.5 Å². The number of nitrogens with zero attached hydrogens (tertiary/aromatic N) is 3. The lowest BCUT2D eigenvalue weighted by molar-refractivity contribution is -0.155. The summed E-state index contributed by atoms with van der Waals surface area (Å²) < 4.78 is 45.4. The zero-order chi connectivity index (χ0) is 20.2. The van der Waals surface area contributed by atoms with Crippen LogP contribution in [0.2, 0.25) is 0 Å². The normalized spacial score (nSPS) is 17.1. The minimum atomic E-state index is -4.49. The van der Waals surface area contributed by atoms with Crippen LogP contribution in [0.3, 0.4) is 0 Å². The van der Waals surface area contributed by atoms with Gasteiger partial charge in [0.1, 0.15) is 5.60 Å². The number of ether oxygens (including phenoxy) is 1. The van der Waals surface area contributed by atoms with Crippen LogP contribution in [-0.2, 0) is 15.7 Å². The molecule has 5 nitrogen and oxygen atoms in total. The Morgan fingerprint density at radius 1 is 1.30 bits per heavy atom. The van der Waals surface area contributed by atoms with E-state index in [0.717, 1.165) is 11.8 Å². The van der Waals surface area contributed by atoms with Gasteiger partial charge in [-0.15, -0.1) is 0 Å². The van der Waals surface area contributed by atoms with Gasteiger partial charge in [-0.3, -0.25) is 4.79 Å². The molecular weight excluding hydrogens is 379 g/mol. The Balaban J connectivity index is 1.95. The van der Waals surface area contributed by atoms with Gasteiger partial charge in [0, 0.05) is 18.3 Å². The van der Waals surface area contributed by atoms with Crippen molar-refractivity contribution in [3.8, 4) is 0 Å². The second kappa shape index (κ2) is 8.77. The molecule has 0 bridgehead atoms. The summed E-state index contributed by atoms with van der Waals surface area (Å²) in [4.78, 5) is 21.6. The van der Waals surface area contributed by atoms with Crippen LogP contribution >= 0.6 is 11.8 Å². The van der Waals surface area contributed by atoms with E-state index in [4.69, 9.17) is 4.74 Å². The molecule has 0 atom stereocenters. The van der Waals surface area contributed by atoms with E-state index < -0.39 is 17.5 Å². The molecule has 0 radical (unpaired) electrons. The van der Waals surface area contributed by atoms with Gasteiger partial charge in [-0.05, 0) is 58.9 Å². The molecule has 0 unspecified atom stereocenters. The SMILES string of the molecule is CSc1ncc(C2CCN(CCC(=O)OC(C)(C)C)CC2)c(C(F)(F)F)n1. The predicted octanol–water partition coefficient (Wildman–Crippen LogP) is 4.13. The number of piperidine rings is 1. The molecule has 152 valence electrons. The molecule has 1 aliphatic heterocycles. The van der Waals surface area contributed by atoms with Gasteiger partial charge in [0.25, 0.3) is 0 Å². The van der Waals surface area contributed by atoms with Crippen molar-refractivity contribution in [2.24, 2.45) is 0 Å². The maximum Gasteiger partial charge on any atom is 0.433 e. The van der Waals surface area contributed by atoms with E-state index in [2.05, 4.69) is 14.9 Å². The molecule has 1 aromatic rings. The first-order valence-electron chi connectivity index (χ1n) is 8.92. The van der Waals surface area contributed by atoms with Crippen molar-refractivity contribution < 1.29 is 22.7 Å². The summed E-state index contributed by atoms with van der Waals surface area (Å²) in [5, 5.41) is 0.126. The fourth-order valence-corrected chi connectivity index (χ4v) is 3.45. The summed E-state index contributed by atoms with van der Waals surface area (Å²) in [7, 11) is 0. The number of halogens is 3. The summed E-state index contributed by atoms with van der Waals surface area (Å²) in [6, 6.07) is 0. The maximum absolute atomic E-state index is 13.4. The van der Waals surface area contributed by atoms with Crippen molar-refractivity contribution >= 4 is 17.7 Å². The van der Waals surface area contributed by atoms with Gasteiger partial charge in [-0.2, -0.15) is 13.2 Å². The smallest absolute Gasteiger partial charge is 0.433 e. The number of esters is 1. The zero-order valence-electron chi connectivity index (χ0n) is 16.1.